The Morgan fingerprint density at radius 2 is 2.40 bits per heavy atom. The maximum Gasteiger partial charge on any atom is 0.267 e. The molecule has 2 heterocycles. The minimum Gasteiger partial charge on any atom is -0.377 e. The molecule has 1 saturated heterocycles. The Hall–Kier alpha value is -1.02. The first-order valence-electron chi connectivity index (χ1n) is 4.66. The number of aryl methyl sites for hydroxylation is 1. The zero-order valence-electron chi connectivity index (χ0n) is 8.33. The Morgan fingerprint density at radius 1 is 1.60 bits per heavy atom. The van der Waals surface area contributed by atoms with Crippen LogP contribution in [0.4, 0.5) is 0 Å². The van der Waals surface area contributed by atoms with Gasteiger partial charge in [0.05, 0.1) is 11.9 Å². The van der Waals surface area contributed by atoms with Gasteiger partial charge in [0.2, 0.25) is 9.84 Å². The van der Waals surface area contributed by atoms with Gasteiger partial charge in [0.1, 0.15) is 0 Å². The Balaban J connectivity index is 2.16. The van der Waals surface area contributed by atoms with E-state index < -0.39 is 9.84 Å². The monoisotopic (exact) mass is 232 g/mol. The van der Waals surface area contributed by atoms with Crippen molar-refractivity contribution in [2.45, 2.75) is 24.1 Å². The lowest BCUT2D eigenvalue weighted by Crippen LogP contribution is -2.22. The number of hydrogen-bond donors (Lipinski definition) is 0. The molecule has 2 rings (SSSR count). The molecule has 1 unspecified atom stereocenters. The molecule has 1 aliphatic rings. The van der Waals surface area contributed by atoms with Gasteiger partial charge in [-0.05, 0) is 23.3 Å². The molecular weight excluding hydrogens is 220 g/mol. The SMILES string of the molecule is Cn1nnnc1S(=O)(=O)CC1CCCO1. The van der Waals surface area contributed by atoms with Crippen LogP contribution in [0.3, 0.4) is 0 Å². The summed E-state index contributed by atoms with van der Waals surface area (Å²) in [5.41, 5.74) is 0. The summed E-state index contributed by atoms with van der Waals surface area (Å²) < 4.78 is 30.1. The van der Waals surface area contributed by atoms with Crippen molar-refractivity contribution < 1.29 is 13.2 Å². The summed E-state index contributed by atoms with van der Waals surface area (Å²) in [6, 6.07) is 0. The molecule has 1 aromatic heterocycles. The molecule has 0 amide bonds. The third kappa shape index (κ3) is 2.15. The van der Waals surface area contributed by atoms with Crippen LogP contribution in [0.5, 0.6) is 0 Å². The maximum atomic E-state index is 11.8. The van der Waals surface area contributed by atoms with E-state index in [0.717, 1.165) is 17.5 Å². The molecule has 0 spiro atoms. The molecule has 1 fully saturated rings. The van der Waals surface area contributed by atoms with Crippen LogP contribution in [0.2, 0.25) is 0 Å². The predicted molar refractivity (Wildman–Crippen MR) is 49.8 cm³/mol. The molecule has 7 nitrogen and oxygen atoms in total. The van der Waals surface area contributed by atoms with E-state index in [-0.39, 0.29) is 17.0 Å². The van der Waals surface area contributed by atoms with Crippen LogP contribution in [0.25, 0.3) is 0 Å². The van der Waals surface area contributed by atoms with Crippen LogP contribution in [0, 0.1) is 0 Å². The first-order chi connectivity index (χ1) is 7.09. The highest BCUT2D eigenvalue weighted by molar-refractivity contribution is 7.91. The standard InChI is InChI=1S/C7H12N4O3S/c1-11-7(8-9-10-11)15(12,13)5-6-3-2-4-14-6/h6H,2-5H2,1H3. The Morgan fingerprint density at radius 3 is 2.93 bits per heavy atom. The van der Waals surface area contributed by atoms with Gasteiger partial charge in [-0.25, -0.2) is 13.1 Å². The van der Waals surface area contributed by atoms with Crippen molar-refractivity contribution in [3.63, 3.8) is 0 Å². The highest BCUT2D eigenvalue weighted by Gasteiger charge is 2.28. The fraction of sp³-hybridized carbons (Fsp3) is 0.857. The summed E-state index contributed by atoms with van der Waals surface area (Å²) in [6.45, 7) is 0.636. The van der Waals surface area contributed by atoms with Crippen LogP contribution >= 0.6 is 0 Å². The second kappa shape index (κ2) is 3.86. The first-order valence-corrected chi connectivity index (χ1v) is 6.31. The van der Waals surface area contributed by atoms with E-state index in [9.17, 15) is 8.42 Å². The fourth-order valence-electron chi connectivity index (χ4n) is 1.58. The molecule has 0 bridgehead atoms. The zero-order chi connectivity index (χ0) is 10.9. The van der Waals surface area contributed by atoms with Crippen LogP contribution < -0.4 is 0 Å². The quantitative estimate of drug-likeness (QED) is 0.675. The van der Waals surface area contributed by atoms with E-state index in [0.29, 0.717) is 6.61 Å². The second-order valence-corrected chi connectivity index (χ2v) is 5.43. The highest BCUT2D eigenvalue weighted by atomic mass is 32.2. The van der Waals surface area contributed by atoms with Crippen LogP contribution in [-0.4, -0.2) is 47.1 Å². The smallest absolute Gasteiger partial charge is 0.267 e. The lowest BCUT2D eigenvalue weighted by Gasteiger charge is -2.08. The Labute approximate surface area is 87.3 Å². The topological polar surface area (TPSA) is 87.0 Å². The normalized spacial score (nSPS) is 22.1. The summed E-state index contributed by atoms with van der Waals surface area (Å²) in [7, 11) is -1.93. The van der Waals surface area contributed by atoms with Crippen molar-refractivity contribution in [1.29, 1.82) is 0 Å². The van der Waals surface area contributed by atoms with Crippen LogP contribution in [0.1, 0.15) is 12.8 Å². The van der Waals surface area contributed by atoms with E-state index in [1.54, 1.807) is 0 Å². The minimum absolute atomic E-state index is 0.0405. The summed E-state index contributed by atoms with van der Waals surface area (Å²) in [5, 5.41) is 10.2. The van der Waals surface area contributed by atoms with Gasteiger partial charge in [0.15, 0.2) is 0 Å². The van der Waals surface area contributed by atoms with Crippen molar-refractivity contribution in [3.8, 4) is 0 Å². The number of rotatable bonds is 3. The van der Waals surface area contributed by atoms with Gasteiger partial charge in [-0.1, -0.05) is 5.10 Å². The molecule has 1 aliphatic heterocycles. The van der Waals surface area contributed by atoms with Gasteiger partial charge in [-0.2, -0.15) is 0 Å². The van der Waals surface area contributed by atoms with Crippen molar-refractivity contribution in [1.82, 2.24) is 20.2 Å². The van der Waals surface area contributed by atoms with Gasteiger partial charge < -0.3 is 4.74 Å². The first kappa shape index (κ1) is 10.5. The molecule has 0 aliphatic carbocycles. The van der Waals surface area contributed by atoms with E-state index >= 15 is 0 Å². The largest absolute Gasteiger partial charge is 0.377 e. The lowest BCUT2D eigenvalue weighted by atomic mass is 10.3. The van der Waals surface area contributed by atoms with Crippen molar-refractivity contribution in [3.05, 3.63) is 0 Å². The van der Waals surface area contributed by atoms with E-state index in [1.807, 2.05) is 0 Å². The second-order valence-electron chi connectivity index (χ2n) is 3.50. The highest BCUT2D eigenvalue weighted by Crippen LogP contribution is 2.16. The van der Waals surface area contributed by atoms with Gasteiger partial charge in [-0.15, -0.1) is 0 Å². The van der Waals surface area contributed by atoms with Crippen molar-refractivity contribution in [2.24, 2.45) is 7.05 Å². The summed E-state index contributed by atoms with van der Waals surface area (Å²) >= 11 is 0. The third-order valence-corrected chi connectivity index (χ3v) is 4.00. The summed E-state index contributed by atoms with van der Waals surface area (Å²) in [4.78, 5) is 0. The number of tetrazole rings is 1. The Bertz CT molecular complexity index is 435. The third-order valence-electron chi connectivity index (χ3n) is 2.29. The Kier molecular flexibility index (Phi) is 2.70. The molecular formula is C7H12N4O3S. The molecule has 15 heavy (non-hydrogen) atoms. The van der Waals surface area contributed by atoms with E-state index in [4.69, 9.17) is 4.74 Å². The average Bonchev–Trinajstić information content (AvgIpc) is 2.75. The molecule has 0 saturated carbocycles. The minimum atomic E-state index is -3.43. The molecule has 8 heteroatoms. The number of aromatic nitrogens is 4. The van der Waals surface area contributed by atoms with Crippen molar-refractivity contribution >= 4 is 9.84 Å². The van der Waals surface area contributed by atoms with Crippen LogP contribution in [-0.2, 0) is 21.6 Å². The molecule has 0 radical (unpaired) electrons. The number of hydrogen-bond acceptors (Lipinski definition) is 6. The predicted octanol–water partition coefficient (Wildman–Crippen LogP) is -0.837. The van der Waals surface area contributed by atoms with Gasteiger partial charge in [0, 0.05) is 13.7 Å². The lowest BCUT2D eigenvalue weighted by molar-refractivity contribution is 0.127. The van der Waals surface area contributed by atoms with E-state index in [1.165, 1.54) is 7.05 Å². The zero-order valence-corrected chi connectivity index (χ0v) is 9.14. The van der Waals surface area contributed by atoms with Crippen molar-refractivity contribution in [2.75, 3.05) is 12.4 Å². The summed E-state index contributed by atoms with van der Waals surface area (Å²) in [6.07, 6.45) is 1.48. The van der Waals surface area contributed by atoms with E-state index in [2.05, 4.69) is 15.5 Å². The molecule has 1 atom stereocenters. The van der Waals surface area contributed by atoms with Gasteiger partial charge in [0.25, 0.3) is 5.16 Å². The average molecular weight is 232 g/mol. The number of sulfone groups is 1. The van der Waals surface area contributed by atoms with Gasteiger partial charge in [-0.3, -0.25) is 0 Å². The molecule has 0 aromatic carbocycles. The number of nitrogens with zero attached hydrogens (tertiary/aromatic N) is 4. The number of ether oxygens (including phenoxy) is 1. The molecule has 84 valence electrons. The fourth-order valence-corrected chi connectivity index (χ4v) is 3.08. The maximum absolute atomic E-state index is 11.8. The molecule has 1 aromatic rings. The van der Waals surface area contributed by atoms with Gasteiger partial charge >= 0.3 is 0 Å². The molecule has 0 N–H and O–H groups in total. The van der Waals surface area contributed by atoms with Crippen LogP contribution in [0.15, 0.2) is 5.16 Å². The summed E-state index contributed by atoms with van der Waals surface area (Å²) in [5.74, 6) is -0.0405.